The fraction of sp³-hybridized carbons (Fsp3) is 0.400. The number of aromatic carboxylic acids is 1. The van der Waals surface area contributed by atoms with Crippen LogP contribution in [0.1, 0.15) is 43.3 Å². The van der Waals surface area contributed by atoms with E-state index in [9.17, 15) is 19.1 Å². The number of carboxylic acid groups (broad SMARTS) is 1. The van der Waals surface area contributed by atoms with E-state index < -0.39 is 17.4 Å². The van der Waals surface area contributed by atoms with Crippen LogP contribution < -0.4 is 4.74 Å². The molecule has 0 saturated carbocycles. The maximum Gasteiger partial charge on any atom is 0.345 e. The molecule has 1 aromatic carbocycles. The number of fused-ring (bicyclic) bond motifs is 2. The molecule has 8 heteroatoms. The highest BCUT2D eigenvalue weighted by Gasteiger charge is 2.43. The number of ether oxygens (including phenoxy) is 2. The second-order valence-electron chi connectivity index (χ2n) is 6.98. The number of carbonyl (C=O) groups excluding carboxylic acids is 1. The number of halogens is 1. The zero-order valence-electron chi connectivity index (χ0n) is 15.4. The van der Waals surface area contributed by atoms with E-state index in [-0.39, 0.29) is 11.7 Å². The normalized spacial score (nSPS) is 18.0. The number of carboxylic acids is 1. The first-order valence-electron chi connectivity index (χ1n) is 9.07. The number of hydrogen-bond donors (Lipinski definition) is 1. The van der Waals surface area contributed by atoms with Gasteiger partial charge in [0.25, 0.3) is 5.91 Å². The van der Waals surface area contributed by atoms with Crippen LogP contribution in [0, 0.1) is 5.82 Å². The fourth-order valence-electron chi connectivity index (χ4n) is 4.02. The Bertz CT molecular complexity index is 933. The van der Waals surface area contributed by atoms with Crippen LogP contribution in [0.15, 0.2) is 24.3 Å². The van der Waals surface area contributed by atoms with Gasteiger partial charge in [-0.3, -0.25) is 4.79 Å². The van der Waals surface area contributed by atoms with Crippen molar-refractivity contribution < 1.29 is 28.6 Å². The Hall–Kier alpha value is -2.45. The number of amides is 1. The highest BCUT2D eigenvalue weighted by Crippen LogP contribution is 2.44. The monoisotopic (exact) mass is 405 g/mol. The third-order valence-corrected chi connectivity index (χ3v) is 6.65. The minimum atomic E-state index is -0.925. The molecule has 28 heavy (non-hydrogen) atoms. The number of piperidine rings is 1. The molecule has 2 aliphatic rings. The second kappa shape index (κ2) is 7.18. The lowest BCUT2D eigenvalue weighted by atomic mass is 9.82. The first-order valence-corrected chi connectivity index (χ1v) is 9.88. The van der Waals surface area contributed by atoms with E-state index in [1.165, 1.54) is 36.6 Å². The molecule has 1 aromatic heterocycles. The Balaban J connectivity index is 1.54. The number of benzene rings is 1. The van der Waals surface area contributed by atoms with Gasteiger partial charge in [-0.05, 0) is 36.6 Å². The van der Waals surface area contributed by atoms with E-state index in [0.717, 1.165) is 10.4 Å². The molecular weight excluding hydrogens is 385 g/mol. The van der Waals surface area contributed by atoms with Crippen LogP contribution >= 0.6 is 11.3 Å². The summed E-state index contributed by atoms with van der Waals surface area (Å²) in [7, 11) is 1.41. The van der Waals surface area contributed by atoms with Gasteiger partial charge < -0.3 is 19.5 Å². The van der Waals surface area contributed by atoms with Gasteiger partial charge >= 0.3 is 5.97 Å². The largest absolute Gasteiger partial charge is 0.496 e. The van der Waals surface area contributed by atoms with Crippen LogP contribution in [0.5, 0.6) is 5.75 Å². The third kappa shape index (κ3) is 3.16. The van der Waals surface area contributed by atoms with Crippen molar-refractivity contribution in [2.75, 3.05) is 26.8 Å². The topological polar surface area (TPSA) is 76.1 Å². The van der Waals surface area contributed by atoms with E-state index in [1.807, 2.05) is 0 Å². The van der Waals surface area contributed by atoms with Crippen LogP contribution in [-0.4, -0.2) is 48.7 Å². The molecule has 0 bridgehead atoms. The minimum Gasteiger partial charge on any atom is -0.496 e. The molecule has 0 aliphatic carbocycles. The lowest BCUT2D eigenvalue weighted by Gasteiger charge is -2.44. The zero-order chi connectivity index (χ0) is 19.9. The van der Waals surface area contributed by atoms with Crippen molar-refractivity contribution in [2.24, 2.45) is 0 Å². The molecular formula is C20H20FNO5S. The Morgan fingerprint density at radius 1 is 1.29 bits per heavy atom. The Morgan fingerprint density at radius 2 is 2.04 bits per heavy atom. The summed E-state index contributed by atoms with van der Waals surface area (Å²) in [6.45, 7) is 1.49. The van der Waals surface area contributed by atoms with Gasteiger partial charge in [-0.2, -0.15) is 0 Å². The van der Waals surface area contributed by atoms with Crippen molar-refractivity contribution in [3.63, 3.8) is 0 Å². The smallest absolute Gasteiger partial charge is 0.345 e. The van der Waals surface area contributed by atoms with Crippen LogP contribution in [0.3, 0.4) is 0 Å². The van der Waals surface area contributed by atoms with Crippen LogP contribution in [-0.2, 0) is 16.8 Å². The maximum atomic E-state index is 13.4. The van der Waals surface area contributed by atoms with E-state index in [1.54, 1.807) is 11.0 Å². The van der Waals surface area contributed by atoms with Gasteiger partial charge in [-0.1, -0.05) is 0 Å². The van der Waals surface area contributed by atoms with Crippen molar-refractivity contribution >= 4 is 23.2 Å². The fourth-order valence-corrected chi connectivity index (χ4v) is 5.09. The van der Waals surface area contributed by atoms with Gasteiger partial charge in [0.05, 0.1) is 24.9 Å². The van der Waals surface area contributed by atoms with Crippen LogP contribution in [0.2, 0.25) is 0 Å². The quantitative estimate of drug-likeness (QED) is 0.848. The number of nitrogens with zero attached hydrogens (tertiary/aromatic N) is 1. The number of likely N-dealkylation sites (tertiary alicyclic amines) is 1. The van der Waals surface area contributed by atoms with Crippen molar-refractivity contribution in [1.29, 1.82) is 0 Å². The lowest BCUT2D eigenvalue weighted by molar-refractivity contribution is -0.0926. The molecule has 2 aromatic rings. The molecule has 1 N–H and O–H groups in total. The molecule has 6 nitrogen and oxygen atoms in total. The van der Waals surface area contributed by atoms with E-state index in [2.05, 4.69) is 0 Å². The molecule has 1 spiro atoms. The van der Waals surface area contributed by atoms with Gasteiger partial charge in [0.1, 0.15) is 16.4 Å². The van der Waals surface area contributed by atoms with Gasteiger partial charge in [-0.15, -0.1) is 11.3 Å². The summed E-state index contributed by atoms with van der Waals surface area (Å²) >= 11 is 1.31. The average Bonchev–Trinajstić information content (AvgIpc) is 3.14. The van der Waals surface area contributed by atoms with Crippen molar-refractivity contribution in [1.82, 2.24) is 4.90 Å². The summed E-state index contributed by atoms with van der Waals surface area (Å²) in [6, 6.07) is 5.61. The van der Waals surface area contributed by atoms with Crippen molar-refractivity contribution in [3.8, 4) is 5.75 Å². The van der Waals surface area contributed by atoms with Crippen LogP contribution in [0.25, 0.3) is 0 Å². The van der Waals surface area contributed by atoms with Crippen LogP contribution in [0.4, 0.5) is 4.39 Å². The highest BCUT2D eigenvalue weighted by molar-refractivity contribution is 7.14. The molecule has 148 valence electrons. The lowest BCUT2D eigenvalue weighted by Crippen LogP contribution is -2.48. The summed E-state index contributed by atoms with van der Waals surface area (Å²) < 4.78 is 24.7. The number of carbonyl (C=O) groups is 2. The molecule has 1 fully saturated rings. The summed E-state index contributed by atoms with van der Waals surface area (Å²) in [5.41, 5.74) is 0.739. The first kappa shape index (κ1) is 18.9. The maximum absolute atomic E-state index is 13.4. The number of hydrogen-bond acceptors (Lipinski definition) is 5. The number of rotatable bonds is 3. The predicted octanol–water partition coefficient (Wildman–Crippen LogP) is 3.30. The summed E-state index contributed by atoms with van der Waals surface area (Å²) in [6.07, 6.45) is 1.89. The number of methoxy groups -OCH3 is 1. The number of thiophene rings is 1. The Kier molecular flexibility index (Phi) is 4.84. The molecule has 0 radical (unpaired) electrons. The third-order valence-electron chi connectivity index (χ3n) is 5.47. The summed E-state index contributed by atoms with van der Waals surface area (Å²) in [4.78, 5) is 27.4. The SMILES string of the molecule is COc1cc(F)ccc1C(=O)N1CCC2(CC1)OCCc1sc(C(=O)O)cc12. The molecule has 0 unspecified atom stereocenters. The molecule has 3 heterocycles. The average molecular weight is 405 g/mol. The van der Waals surface area contributed by atoms with Gasteiger partial charge in [0.2, 0.25) is 0 Å². The summed E-state index contributed by atoms with van der Waals surface area (Å²) in [5.74, 6) is -1.38. The first-order chi connectivity index (χ1) is 13.4. The highest BCUT2D eigenvalue weighted by atomic mass is 32.1. The van der Waals surface area contributed by atoms with Gasteiger partial charge in [0, 0.05) is 30.5 Å². The Morgan fingerprint density at radius 3 is 2.71 bits per heavy atom. The standard InChI is InChI=1S/C20H20FNO5S/c1-26-15-10-12(21)2-3-13(15)18(23)22-7-5-20(6-8-22)14-11-17(19(24)25)28-16(14)4-9-27-20/h2-3,10-11H,4-9H2,1H3,(H,24,25). The van der Waals surface area contributed by atoms with Crippen molar-refractivity contribution in [2.45, 2.75) is 24.9 Å². The molecule has 1 amide bonds. The molecule has 0 atom stereocenters. The molecule has 4 rings (SSSR count). The minimum absolute atomic E-state index is 0.209. The predicted molar refractivity (Wildman–Crippen MR) is 101 cm³/mol. The molecule has 1 saturated heterocycles. The van der Waals surface area contributed by atoms with Gasteiger partial charge in [0.15, 0.2) is 0 Å². The molecule has 2 aliphatic heterocycles. The van der Waals surface area contributed by atoms with Gasteiger partial charge in [-0.25, -0.2) is 9.18 Å². The van der Waals surface area contributed by atoms with E-state index >= 15 is 0 Å². The van der Waals surface area contributed by atoms with Crippen molar-refractivity contribution in [3.05, 3.63) is 51.0 Å². The van der Waals surface area contributed by atoms with E-state index in [0.29, 0.717) is 49.4 Å². The summed E-state index contributed by atoms with van der Waals surface area (Å²) in [5, 5.41) is 9.31. The Labute approximate surface area is 165 Å². The van der Waals surface area contributed by atoms with E-state index in [4.69, 9.17) is 9.47 Å². The second-order valence-corrected chi connectivity index (χ2v) is 8.12. The zero-order valence-corrected chi connectivity index (χ0v) is 16.2.